The van der Waals surface area contributed by atoms with Crippen LogP contribution in [0.2, 0.25) is 0 Å². The van der Waals surface area contributed by atoms with E-state index in [1.807, 2.05) is 18.2 Å². The SMILES string of the molecule is [CH2][C@H](COCc1ccccc1)OCCCCCCCCCCCCCCCCCC. The molecule has 0 fully saturated rings. The second-order valence-electron chi connectivity index (χ2n) is 8.80. The first-order valence-corrected chi connectivity index (χ1v) is 12.9. The largest absolute Gasteiger partial charge is 0.376 e. The van der Waals surface area contributed by atoms with Gasteiger partial charge in [0, 0.05) is 6.61 Å². The highest BCUT2D eigenvalue weighted by atomic mass is 16.5. The first-order valence-electron chi connectivity index (χ1n) is 12.9. The van der Waals surface area contributed by atoms with Crippen molar-refractivity contribution >= 4 is 0 Å². The van der Waals surface area contributed by atoms with Crippen molar-refractivity contribution in [3.05, 3.63) is 42.8 Å². The van der Waals surface area contributed by atoms with E-state index in [0.717, 1.165) is 13.0 Å². The quantitative estimate of drug-likeness (QED) is 0.176. The van der Waals surface area contributed by atoms with Gasteiger partial charge in [-0.05, 0) is 18.9 Å². The summed E-state index contributed by atoms with van der Waals surface area (Å²) >= 11 is 0. The Morgan fingerprint density at radius 3 is 1.63 bits per heavy atom. The first-order chi connectivity index (χ1) is 14.8. The van der Waals surface area contributed by atoms with Gasteiger partial charge in [0.05, 0.1) is 19.3 Å². The van der Waals surface area contributed by atoms with Gasteiger partial charge in [0.15, 0.2) is 0 Å². The number of hydrogen-bond donors (Lipinski definition) is 0. The van der Waals surface area contributed by atoms with E-state index in [1.165, 1.54) is 102 Å². The van der Waals surface area contributed by atoms with Crippen LogP contribution in [0.4, 0.5) is 0 Å². The predicted molar refractivity (Wildman–Crippen MR) is 131 cm³/mol. The standard InChI is InChI=1S/C28H49O2/c1-3-4-5-6-7-8-9-10-11-12-13-14-15-16-17-21-24-30-27(2)25-29-26-28-22-19-18-20-23-28/h18-20,22-23,27H,2-17,21,24-26H2,1H3/t27-/m1/s1. The van der Waals surface area contributed by atoms with E-state index in [0.29, 0.717) is 13.2 Å². The maximum absolute atomic E-state index is 5.76. The maximum atomic E-state index is 5.76. The molecule has 0 aliphatic carbocycles. The van der Waals surface area contributed by atoms with Crippen molar-refractivity contribution in [2.75, 3.05) is 13.2 Å². The highest BCUT2D eigenvalue weighted by molar-refractivity contribution is 5.13. The van der Waals surface area contributed by atoms with Crippen molar-refractivity contribution in [3.63, 3.8) is 0 Å². The molecule has 0 saturated carbocycles. The van der Waals surface area contributed by atoms with E-state index >= 15 is 0 Å². The Morgan fingerprint density at radius 1 is 0.667 bits per heavy atom. The summed E-state index contributed by atoms with van der Waals surface area (Å²) < 4.78 is 11.4. The van der Waals surface area contributed by atoms with Crippen molar-refractivity contribution < 1.29 is 9.47 Å². The lowest BCUT2D eigenvalue weighted by atomic mass is 10.0. The summed E-state index contributed by atoms with van der Waals surface area (Å²) in [7, 11) is 0. The minimum absolute atomic E-state index is 0.0648. The molecule has 30 heavy (non-hydrogen) atoms. The van der Waals surface area contributed by atoms with E-state index in [1.54, 1.807) is 0 Å². The fraction of sp³-hybridized carbons (Fsp3) is 0.750. The van der Waals surface area contributed by atoms with Gasteiger partial charge in [-0.15, -0.1) is 0 Å². The monoisotopic (exact) mass is 417 g/mol. The molecule has 0 spiro atoms. The van der Waals surface area contributed by atoms with Gasteiger partial charge in [-0.1, -0.05) is 134 Å². The number of benzene rings is 1. The molecule has 1 rings (SSSR count). The molecule has 1 aromatic carbocycles. The Balaban J connectivity index is 1.73. The first kappa shape index (κ1) is 27.2. The highest BCUT2D eigenvalue weighted by Gasteiger charge is 2.03. The molecule has 0 unspecified atom stereocenters. The fourth-order valence-electron chi connectivity index (χ4n) is 3.83. The molecule has 173 valence electrons. The van der Waals surface area contributed by atoms with Crippen LogP contribution in [0, 0.1) is 6.92 Å². The van der Waals surface area contributed by atoms with Crippen LogP contribution in [0.1, 0.15) is 115 Å². The summed E-state index contributed by atoms with van der Waals surface area (Å²) in [6.45, 7) is 8.33. The van der Waals surface area contributed by atoms with Crippen LogP contribution < -0.4 is 0 Å². The van der Waals surface area contributed by atoms with E-state index < -0.39 is 0 Å². The summed E-state index contributed by atoms with van der Waals surface area (Å²) in [5.74, 6) is 0. The Morgan fingerprint density at radius 2 is 1.13 bits per heavy atom. The number of hydrogen-bond acceptors (Lipinski definition) is 2. The smallest absolute Gasteiger partial charge is 0.0809 e. The van der Waals surface area contributed by atoms with Crippen LogP contribution in [0.15, 0.2) is 30.3 Å². The van der Waals surface area contributed by atoms with E-state index in [2.05, 4.69) is 26.0 Å². The molecule has 0 aromatic heterocycles. The predicted octanol–water partition coefficient (Wildman–Crippen LogP) is 8.68. The molecular formula is C28H49O2. The topological polar surface area (TPSA) is 18.5 Å². The third kappa shape index (κ3) is 18.0. The van der Waals surface area contributed by atoms with Crippen molar-refractivity contribution in [1.29, 1.82) is 0 Å². The second kappa shape index (κ2) is 21.4. The minimum Gasteiger partial charge on any atom is -0.376 e. The average Bonchev–Trinajstić information content (AvgIpc) is 2.76. The van der Waals surface area contributed by atoms with Crippen molar-refractivity contribution in [1.82, 2.24) is 0 Å². The number of unbranched alkanes of at least 4 members (excludes halogenated alkanes) is 15. The molecule has 0 aliphatic heterocycles. The summed E-state index contributed by atoms with van der Waals surface area (Å²) in [6.07, 6.45) is 22.3. The molecule has 0 amide bonds. The summed E-state index contributed by atoms with van der Waals surface area (Å²) in [5, 5.41) is 0. The fourth-order valence-corrected chi connectivity index (χ4v) is 3.83. The van der Waals surface area contributed by atoms with Gasteiger partial charge in [0.2, 0.25) is 0 Å². The molecule has 2 heteroatoms. The summed E-state index contributed by atoms with van der Waals surface area (Å²) in [4.78, 5) is 0. The van der Waals surface area contributed by atoms with E-state index in [-0.39, 0.29) is 6.10 Å². The normalized spacial score (nSPS) is 12.3. The lowest BCUT2D eigenvalue weighted by Gasteiger charge is -2.13. The third-order valence-electron chi connectivity index (χ3n) is 5.77. The van der Waals surface area contributed by atoms with Crippen LogP contribution in [0.3, 0.4) is 0 Å². The van der Waals surface area contributed by atoms with Gasteiger partial charge < -0.3 is 9.47 Å². The molecule has 0 saturated heterocycles. The Labute approximate surface area is 188 Å². The van der Waals surface area contributed by atoms with Gasteiger partial charge in [0.25, 0.3) is 0 Å². The second-order valence-corrected chi connectivity index (χ2v) is 8.80. The average molecular weight is 418 g/mol. The Kier molecular flexibility index (Phi) is 19.4. The highest BCUT2D eigenvalue weighted by Crippen LogP contribution is 2.13. The number of rotatable bonds is 22. The zero-order valence-electron chi connectivity index (χ0n) is 19.9. The van der Waals surface area contributed by atoms with Crippen LogP contribution in [0.25, 0.3) is 0 Å². The molecular weight excluding hydrogens is 368 g/mol. The molecule has 0 heterocycles. The van der Waals surface area contributed by atoms with Crippen molar-refractivity contribution in [2.24, 2.45) is 0 Å². The van der Waals surface area contributed by atoms with Crippen LogP contribution in [-0.2, 0) is 16.1 Å². The molecule has 0 N–H and O–H groups in total. The molecule has 2 nitrogen and oxygen atoms in total. The van der Waals surface area contributed by atoms with Crippen molar-refractivity contribution in [2.45, 2.75) is 122 Å². The van der Waals surface area contributed by atoms with Crippen LogP contribution >= 0.6 is 0 Å². The zero-order chi connectivity index (χ0) is 21.5. The summed E-state index contributed by atoms with van der Waals surface area (Å²) in [5.41, 5.74) is 1.20. The van der Waals surface area contributed by atoms with Crippen LogP contribution in [-0.4, -0.2) is 19.3 Å². The van der Waals surface area contributed by atoms with Crippen molar-refractivity contribution in [3.8, 4) is 0 Å². The molecule has 1 radical (unpaired) electrons. The Hall–Kier alpha value is -0.860. The van der Waals surface area contributed by atoms with Gasteiger partial charge >= 0.3 is 0 Å². The lowest BCUT2D eigenvalue weighted by molar-refractivity contribution is -0.000344. The van der Waals surface area contributed by atoms with E-state index in [4.69, 9.17) is 9.47 Å². The van der Waals surface area contributed by atoms with Crippen LogP contribution in [0.5, 0.6) is 0 Å². The lowest BCUT2D eigenvalue weighted by Crippen LogP contribution is -2.17. The molecule has 1 aromatic rings. The molecule has 0 bridgehead atoms. The van der Waals surface area contributed by atoms with Gasteiger partial charge in [-0.2, -0.15) is 0 Å². The van der Waals surface area contributed by atoms with Gasteiger partial charge in [0.1, 0.15) is 0 Å². The Bertz CT molecular complexity index is 445. The summed E-state index contributed by atoms with van der Waals surface area (Å²) in [6, 6.07) is 10.3. The number of ether oxygens (including phenoxy) is 2. The zero-order valence-corrected chi connectivity index (χ0v) is 19.9. The third-order valence-corrected chi connectivity index (χ3v) is 5.77. The van der Waals surface area contributed by atoms with Gasteiger partial charge in [-0.25, -0.2) is 0 Å². The van der Waals surface area contributed by atoms with E-state index in [9.17, 15) is 0 Å². The molecule has 0 aliphatic rings. The maximum Gasteiger partial charge on any atom is 0.0809 e. The van der Waals surface area contributed by atoms with Gasteiger partial charge in [-0.3, -0.25) is 0 Å². The molecule has 1 atom stereocenters. The minimum atomic E-state index is -0.0648.